The molecule has 1 aliphatic heterocycles. The van der Waals surface area contributed by atoms with E-state index in [4.69, 9.17) is 4.74 Å². The van der Waals surface area contributed by atoms with Crippen LogP contribution in [0, 0.1) is 0 Å². The SMILES string of the molecule is CCc1ccc(NC2=C(c3ccc(OC)cc3)C(=O)N(c3cccc(N(C)C)c3)C2=O)cc1. The highest BCUT2D eigenvalue weighted by Gasteiger charge is 2.40. The molecule has 168 valence electrons. The van der Waals surface area contributed by atoms with Gasteiger partial charge in [-0.25, -0.2) is 4.90 Å². The molecule has 0 aromatic heterocycles. The third kappa shape index (κ3) is 4.32. The van der Waals surface area contributed by atoms with Crippen molar-refractivity contribution >= 4 is 34.4 Å². The van der Waals surface area contributed by atoms with Gasteiger partial charge in [0.1, 0.15) is 11.4 Å². The highest BCUT2D eigenvalue weighted by Crippen LogP contribution is 2.35. The highest BCUT2D eigenvalue weighted by molar-refractivity contribution is 6.46. The fraction of sp³-hybridized carbons (Fsp3) is 0.185. The number of hydrogen-bond donors (Lipinski definition) is 1. The average Bonchev–Trinajstić information content (AvgIpc) is 3.08. The lowest BCUT2D eigenvalue weighted by Gasteiger charge is -2.19. The van der Waals surface area contributed by atoms with Gasteiger partial charge >= 0.3 is 0 Å². The number of ether oxygens (including phenoxy) is 1. The van der Waals surface area contributed by atoms with Crippen LogP contribution in [0.2, 0.25) is 0 Å². The second-order valence-corrected chi connectivity index (χ2v) is 8.01. The van der Waals surface area contributed by atoms with Crippen molar-refractivity contribution in [2.45, 2.75) is 13.3 Å². The second kappa shape index (κ2) is 9.20. The Kier molecular flexibility index (Phi) is 6.18. The van der Waals surface area contributed by atoms with Crippen molar-refractivity contribution in [2.75, 3.05) is 36.3 Å². The summed E-state index contributed by atoms with van der Waals surface area (Å²) in [4.78, 5) is 30.4. The molecule has 0 bridgehead atoms. The van der Waals surface area contributed by atoms with E-state index in [1.807, 2.05) is 61.5 Å². The molecule has 0 saturated heterocycles. The van der Waals surface area contributed by atoms with Crippen LogP contribution in [0.1, 0.15) is 18.1 Å². The lowest BCUT2D eigenvalue weighted by Crippen LogP contribution is -2.32. The largest absolute Gasteiger partial charge is 0.497 e. The highest BCUT2D eigenvalue weighted by atomic mass is 16.5. The van der Waals surface area contributed by atoms with Crippen molar-refractivity contribution in [1.82, 2.24) is 0 Å². The first-order chi connectivity index (χ1) is 15.9. The number of hydrogen-bond acceptors (Lipinski definition) is 5. The quantitative estimate of drug-likeness (QED) is 0.538. The average molecular weight is 442 g/mol. The Balaban J connectivity index is 1.79. The predicted octanol–water partition coefficient (Wildman–Crippen LogP) is 4.72. The summed E-state index contributed by atoms with van der Waals surface area (Å²) in [6.07, 6.45) is 0.924. The molecule has 6 heteroatoms. The van der Waals surface area contributed by atoms with E-state index in [1.54, 1.807) is 37.4 Å². The summed E-state index contributed by atoms with van der Waals surface area (Å²) in [6, 6.07) is 22.4. The van der Waals surface area contributed by atoms with Crippen molar-refractivity contribution < 1.29 is 14.3 Å². The zero-order valence-corrected chi connectivity index (χ0v) is 19.3. The molecule has 1 N–H and O–H groups in total. The van der Waals surface area contributed by atoms with Crippen molar-refractivity contribution in [3.8, 4) is 5.75 Å². The van der Waals surface area contributed by atoms with E-state index in [9.17, 15) is 9.59 Å². The number of amides is 2. The van der Waals surface area contributed by atoms with Crippen LogP contribution in [-0.2, 0) is 16.0 Å². The van der Waals surface area contributed by atoms with Crippen LogP contribution in [0.4, 0.5) is 17.1 Å². The first kappa shape index (κ1) is 22.1. The third-order valence-electron chi connectivity index (χ3n) is 5.70. The minimum absolute atomic E-state index is 0.254. The van der Waals surface area contributed by atoms with E-state index in [1.165, 1.54) is 10.5 Å². The summed E-state index contributed by atoms with van der Waals surface area (Å²) >= 11 is 0. The van der Waals surface area contributed by atoms with Crippen molar-refractivity contribution in [3.63, 3.8) is 0 Å². The van der Waals surface area contributed by atoms with Gasteiger partial charge in [-0.1, -0.05) is 37.3 Å². The molecule has 0 unspecified atom stereocenters. The van der Waals surface area contributed by atoms with Crippen LogP contribution in [0.5, 0.6) is 5.75 Å². The first-order valence-electron chi connectivity index (χ1n) is 10.8. The van der Waals surface area contributed by atoms with Crippen LogP contribution in [0.25, 0.3) is 5.57 Å². The monoisotopic (exact) mass is 441 g/mol. The molecule has 0 spiro atoms. The van der Waals surface area contributed by atoms with E-state index in [-0.39, 0.29) is 17.5 Å². The molecule has 3 aromatic rings. The van der Waals surface area contributed by atoms with Crippen molar-refractivity contribution in [1.29, 1.82) is 0 Å². The lowest BCUT2D eigenvalue weighted by molar-refractivity contribution is -0.120. The maximum absolute atomic E-state index is 13.6. The Morgan fingerprint density at radius 2 is 1.61 bits per heavy atom. The number of carbonyl (C=O) groups excluding carboxylic acids is 2. The Morgan fingerprint density at radius 3 is 2.21 bits per heavy atom. The van der Waals surface area contributed by atoms with Crippen molar-refractivity contribution in [3.05, 3.63) is 89.6 Å². The fourth-order valence-corrected chi connectivity index (χ4v) is 3.78. The number of imide groups is 1. The molecular formula is C27H27N3O3. The molecule has 0 fully saturated rings. The summed E-state index contributed by atoms with van der Waals surface area (Å²) < 4.78 is 5.25. The Bertz CT molecular complexity index is 1210. The number of nitrogens with one attached hydrogen (secondary N) is 1. The summed E-state index contributed by atoms with van der Waals surface area (Å²) in [5.74, 6) is -0.0774. The van der Waals surface area contributed by atoms with Crippen LogP contribution in [0.15, 0.2) is 78.5 Å². The molecule has 0 aliphatic carbocycles. The second-order valence-electron chi connectivity index (χ2n) is 8.01. The van der Waals surface area contributed by atoms with Gasteiger partial charge in [0.05, 0.1) is 18.4 Å². The van der Waals surface area contributed by atoms with Gasteiger partial charge in [-0.05, 0) is 60.0 Å². The van der Waals surface area contributed by atoms with E-state index < -0.39 is 0 Å². The maximum atomic E-state index is 13.6. The predicted molar refractivity (Wildman–Crippen MR) is 133 cm³/mol. The van der Waals surface area contributed by atoms with E-state index in [0.717, 1.165) is 17.8 Å². The molecule has 3 aromatic carbocycles. The minimum Gasteiger partial charge on any atom is -0.497 e. The number of methoxy groups -OCH3 is 1. The summed E-state index contributed by atoms with van der Waals surface area (Å²) in [6.45, 7) is 2.09. The molecular weight excluding hydrogens is 414 g/mol. The Labute approximate surface area is 194 Å². The molecule has 0 radical (unpaired) electrons. The van der Waals surface area contributed by atoms with Gasteiger partial charge in [0.25, 0.3) is 11.8 Å². The van der Waals surface area contributed by atoms with Gasteiger partial charge in [-0.2, -0.15) is 0 Å². The smallest absolute Gasteiger partial charge is 0.282 e. The molecule has 0 atom stereocenters. The van der Waals surface area contributed by atoms with Gasteiger partial charge in [0.15, 0.2) is 0 Å². The van der Waals surface area contributed by atoms with E-state index in [0.29, 0.717) is 22.6 Å². The van der Waals surface area contributed by atoms with Gasteiger partial charge in [0.2, 0.25) is 0 Å². The molecule has 4 rings (SSSR count). The third-order valence-corrected chi connectivity index (χ3v) is 5.70. The standard InChI is InChI=1S/C27H27N3O3/c1-5-18-9-13-20(14-10-18)28-25-24(19-11-15-23(33-4)16-12-19)26(31)30(27(25)32)22-8-6-7-21(17-22)29(2)3/h6-17,28H,5H2,1-4H3. The molecule has 6 nitrogen and oxygen atoms in total. The van der Waals surface area contributed by atoms with E-state index >= 15 is 0 Å². The molecule has 1 aliphatic rings. The zero-order chi connectivity index (χ0) is 23.5. The van der Waals surface area contributed by atoms with Gasteiger partial charge in [-0.3, -0.25) is 9.59 Å². The van der Waals surface area contributed by atoms with Crippen LogP contribution in [-0.4, -0.2) is 33.0 Å². The van der Waals surface area contributed by atoms with Crippen LogP contribution in [0.3, 0.4) is 0 Å². The van der Waals surface area contributed by atoms with Gasteiger partial charge in [-0.15, -0.1) is 0 Å². The number of nitrogens with zero attached hydrogens (tertiary/aromatic N) is 2. The molecule has 0 saturated carbocycles. The maximum Gasteiger partial charge on any atom is 0.282 e. The number of carbonyl (C=O) groups is 2. The Morgan fingerprint density at radius 1 is 0.909 bits per heavy atom. The molecule has 1 heterocycles. The van der Waals surface area contributed by atoms with Crippen molar-refractivity contribution in [2.24, 2.45) is 0 Å². The van der Waals surface area contributed by atoms with Gasteiger partial charge < -0.3 is 15.0 Å². The topological polar surface area (TPSA) is 61.9 Å². The van der Waals surface area contributed by atoms with E-state index in [2.05, 4.69) is 12.2 Å². The lowest BCUT2D eigenvalue weighted by atomic mass is 10.0. The summed E-state index contributed by atoms with van der Waals surface area (Å²) in [7, 11) is 5.42. The number of benzene rings is 3. The summed E-state index contributed by atoms with van der Waals surface area (Å²) in [5.41, 5.74) is 4.60. The van der Waals surface area contributed by atoms with Gasteiger partial charge in [0, 0.05) is 25.5 Å². The zero-order valence-electron chi connectivity index (χ0n) is 19.3. The summed E-state index contributed by atoms with van der Waals surface area (Å²) in [5, 5.41) is 3.21. The molecule has 2 amide bonds. The normalized spacial score (nSPS) is 13.5. The minimum atomic E-state index is -0.388. The van der Waals surface area contributed by atoms with Crippen LogP contribution < -0.4 is 19.9 Å². The fourth-order valence-electron chi connectivity index (χ4n) is 3.78. The number of aryl methyl sites for hydroxylation is 1. The number of anilines is 3. The van der Waals surface area contributed by atoms with Crippen LogP contribution >= 0.6 is 0 Å². The molecule has 33 heavy (non-hydrogen) atoms. The first-order valence-corrected chi connectivity index (χ1v) is 10.8. The Hall–Kier alpha value is -4.06. The number of rotatable bonds is 7.